The van der Waals surface area contributed by atoms with Crippen LogP contribution in [0.4, 0.5) is 10.5 Å². The Balaban J connectivity index is 2.78. The molecule has 0 amide bonds. The number of rotatable bonds is 1. The quantitative estimate of drug-likeness (QED) is 0.681. The Morgan fingerprint density at radius 1 is 1.25 bits per heavy atom. The minimum Gasteiger partial charge on any atom is -0.406 e. The van der Waals surface area contributed by atoms with Crippen molar-refractivity contribution in [2.45, 2.75) is 26.4 Å². The van der Waals surface area contributed by atoms with Gasteiger partial charge in [0, 0.05) is 31.9 Å². The van der Waals surface area contributed by atoms with Gasteiger partial charge < -0.3 is 9.64 Å². The topological polar surface area (TPSA) is 33.4 Å². The number of carbonyl (C=O) groups excluding carboxylic acids is 1. The fourth-order valence-corrected chi connectivity index (χ4v) is 1.15. The van der Waals surface area contributed by atoms with Gasteiger partial charge in [0.2, 0.25) is 0 Å². The van der Waals surface area contributed by atoms with Gasteiger partial charge in [-0.25, -0.2) is 0 Å². The molecule has 0 N–H and O–H groups in total. The number of carbonyl (C=O) groups is 1. The van der Waals surface area contributed by atoms with Crippen LogP contribution in [0.1, 0.15) is 20.8 Å². The first kappa shape index (κ1) is 12.5. The van der Waals surface area contributed by atoms with Gasteiger partial charge in [-0.05, 0) is 20.8 Å². The van der Waals surface area contributed by atoms with E-state index in [9.17, 15) is 4.79 Å². The summed E-state index contributed by atoms with van der Waals surface area (Å²) in [6.45, 7) is 5.54. The van der Waals surface area contributed by atoms with Crippen LogP contribution in [-0.4, -0.2) is 25.8 Å². The molecular formula is C12H19N2O2+. The van der Waals surface area contributed by atoms with Crippen LogP contribution in [0.15, 0.2) is 24.5 Å². The fourth-order valence-electron chi connectivity index (χ4n) is 1.15. The molecule has 0 spiro atoms. The summed E-state index contributed by atoms with van der Waals surface area (Å²) < 4.78 is 6.66. The van der Waals surface area contributed by atoms with Crippen molar-refractivity contribution in [1.82, 2.24) is 0 Å². The Bertz CT molecular complexity index is 364. The average Bonchev–Trinajstić information content (AvgIpc) is 2.15. The second-order valence-electron chi connectivity index (χ2n) is 4.84. The Morgan fingerprint density at radius 3 is 2.12 bits per heavy atom. The highest BCUT2D eigenvalue weighted by Crippen LogP contribution is 2.08. The van der Waals surface area contributed by atoms with E-state index in [-0.39, 0.29) is 6.09 Å². The first-order valence-electron chi connectivity index (χ1n) is 5.21. The lowest BCUT2D eigenvalue weighted by atomic mass is 10.2. The van der Waals surface area contributed by atoms with E-state index >= 15 is 0 Å². The Labute approximate surface area is 96.5 Å². The van der Waals surface area contributed by atoms with Gasteiger partial charge in [0.25, 0.3) is 0 Å². The summed E-state index contributed by atoms with van der Waals surface area (Å²) in [6, 6.07) is 3.73. The molecule has 4 nitrogen and oxygen atoms in total. The van der Waals surface area contributed by atoms with Crippen LogP contribution in [0.25, 0.3) is 0 Å². The lowest BCUT2D eigenvalue weighted by molar-refractivity contribution is -0.588. The summed E-state index contributed by atoms with van der Waals surface area (Å²) in [5, 5.41) is 0. The molecule has 16 heavy (non-hydrogen) atoms. The summed E-state index contributed by atoms with van der Waals surface area (Å²) in [6.07, 6.45) is 3.03. The zero-order valence-electron chi connectivity index (χ0n) is 10.5. The first-order valence-corrected chi connectivity index (χ1v) is 5.21. The molecule has 0 aromatic carbocycles. The third-order valence-corrected chi connectivity index (χ3v) is 1.93. The maximum absolute atomic E-state index is 11.7. The molecule has 0 saturated carbocycles. The van der Waals surface area contributed by atoms with E-state index in [1.807, 2.05) is 51.9 Å². The Morgan fingerprint density at radius 2 is 1.75 bits per heavy atom. The molecule has 1 aromatic rings. The summed E-state index contributed by atoms with van der Waals surface area (Å²) in [5.74, 6) is 0. The van der Waals surface area contributed by atoms with Crippen molar-refractivity contribution < 1.29 is 14.1 Å². The molecule has 0 aliphatic heterocycles. The van der Waals surface area contributed by atoms with E-state index in [0.717, 1.165) is 5.69 Å². The monoisotopic (exact) mass is 223 g/mol. The minimum absolute atomic E-state index is 0.363. The molecule has 0 bridgehead atoms. The number of hydrogen-bond donors (Lipinski definition) is 0. The van der Waals surface area contributed by atoms with E-state index in [1.54, 1.807) is 12.4 Å². The molecule has 0 fully saturated rings. The van der Waals surface area contributed by atoms with E-state index in [0.29, 0.717) is 0 Å². The zero-order valence-corrected chi connectivity index (χ0v) is 10.5. The largest absolute Gasteiger partial charge is 0.602 e. The predicted molar refractivity (Wildman–Crippen MR) is 62.6 cm³/mol. The summed E-state index contributed by atoms with van der Waals surface area (Å²) in [4.78, 5) is 13.6. The summed E-state index contributed by atoms with van der Waals surface area (Å²) in [5.41, 5.74) is 0.574. The number of nitrogens with zero attached hydrogens (tertiary/aromatic N) is 2. The predicted octanol–water partition coefficient (Wildman–Crippen LogP) is 1.82. The van der Waals surface area contributed by atoms with Crippen LogP contribution in [0.2, 0.25) is 0 Å². The van der Waals surface area contributed by atoms with Crippen molar-refractivity contribution in [1.29, 1.82) is 0 Å². The van der Waals surface area contributed by atoms with Crippen LogP contribution in [0.5, 0.6) is 0 Å². The van der Waals surface area contributed by atoms with Gasteiger partial charge in [-0.15, -0.1) is 0 Å². The maximum Gasteiger partial charge on any atom is 0.602 e. The Hall–Kier alpha value is -1.58. The minimum atomic E-state index is -0.468. The van der Waals surface area contributed by atoms with Crippen molar-refractivity contribution in [3.05, 3.63) is 24.5 Å². The second-order valence-corrected chi connectivity index (χ2v) is 4.84. The first-order chi connectivity index (χ1) is 7.29. The lowest BCUT2D eigenvalue weighted by Gasteiger charge is -2.16. The van der Waals surface area contributed by atoms with Gasteiger partial charge in [0.15, 0.2) is 12.4 Å². The van der Waals surface area contributed by atoms with Crippen LogP contribution in [0.3, 0.4) is 0 Å². The molecular weight excluding hydrogens is 204 g/mol. The number of aromatic nitrogens is 1. The molecule has 0 unspecified atom stereocenters. The number of anilines is 1. The molecule has 0 saturated heterocycles. The van der Waals surface area contributed by atoms with E-state index < -0.39 is 5.60 Å². The number of ether oxygens (including phenoxy) is 1. The molecule has 1 rings (SSSR count). The molecule has 4 heteroatoms. The molecule has 1 aromatic heterocycles. The fraction of sp³-hybridized carbons (Fsp3) is 0.500. The third kappa shape index (κ3) is 3.53. The van der Waals surface area contributed by atoms with Crippen LogP contribution < -0.4 is 9.47 Å². The number of hydrogen-bond acceptors (Lipinski definition) is 3. The lowest BCUT2D eigenvalue weighted by Crippen LogP contribution is -2.46. The Kier molecular flexibility index (Phi) is 3.52. The van der Waals surface area contributed by atoms with Crippen LogP contribution >= 0.6 is 0 Å². The second kappa shape index (κ2) is 4.51. The van der Waals surface area contributed by atoms with Gasteiger partial charge in [0.1, 0.15) is 5.60 Å². The highest BCUT2D eigenvalue weighted by Gasteiger charge is 2.24. The van der Waals surface area contributed by atoms with Crippen molar-refractivity contribution in [3.63, 3.8) is 0 Å². The molecule has 0 aliphatic rings. The summed E-state index contributed by atoms with van der Waals surface area (Å²) in [7, 11) is 3.90. The van der Waals surface area contributed by atoms with Gasteiger partial charge in [-0.2, -0.15) is 4.79 Å². The normalized spacial score (nSPS) is 11.1. The third-order valence-electron chi connectivity index (χ3n) is 1.93. The smallest absolute Gasteiger partial charge is 0.406 e. The van der Waals surface area contributed by atoms with Crippen LogP contribution in [-0.2, 0) is 4.74 Å². The average molecular weight is 223 g/mol. The van der Waals surface area contributed by atoms with Crippen LogP contribution in [0, 0.1) is 0 Å². The standard InChI is InChI=1S/C12H19N2O2/c1-12(2,3)16-11(15)14-8-6-10(7-9-14)13(4)5/h6-9H,1-5H3/q+1. The van der Waals surface area contributed by atoms with Crippen molar-refractivity contribution in [2.75, 3.05) is 19.0 Å². The van der Waals surface area contributed by atoms with Gasteiger partial charge >= 0.3 is 6.09 Å². The van der Waals surface area contributed by atoms with Crippen molar-refractivity contribution in [2.24, 2.45) is 0 Å². The van der Waals surface area contributed by atoms with E-state index in [1.165, 1.54) is 4.57 Å². The molecule has 88 valence electrons. The SMILES string of the molecule is CN(C)c1cc[n+](C(=O)OC(C)(C)C)cc1. The summed E-state index contributed by atoms with van der Waals surface area (Å²) >= 11 is 0. The molecule has 0 atom stereocenters. The highest BCUT2D eigenvalue weighted by molar-refractivity contribution is 5.57. The zero-order chi connectivity index (χ0) is 12.3. The molecule has 1 heterocycles. The van der Waals surface area contributed by atoms with E-state index in [4.69, 9.17) is 4.74 Å². The van der Waals surface area contributed by atoms with Crippen molar-refractivity contribution >= 4 is 11.8 Å². The number of pyridine rings is 1. The maximum atomic E-state index is 11.7. The highest BCUT2D eigenvalue weighted by atomic mass is 16.6. The molecule has 0 radical (unpaired) electrons. The molecule has 0 aliphatic carbocycles. The van der Waals surface area contributed by atoms with E-state index in [2.05, 4.69) is 0 Å². The van der Waals surface area contributed by atoms with Gasteiger partial charge in [0.05, 0.1) is 0 Å². The van der Waals surface area contributed by atoms with Gasteiger partial charge in [-0.3, -0.25) is 0 Å². The van der Waals surface area contributed by atoms with Gasteiger partial charge in [-0.1, -0.05) is 4.57 Å². The van der Waals surface area contributed by atoms with Crippen molar-refractivity contribution in [3.8, 4) is 0 Å².